The molecule has 8 heteroatoms. The zero-order valence-electron chi connectivity index (χ0n) is 56.0. The van der Waals surface area contributed by atoms with Gasteiger partial charge in [-0.15, -0.1) is 0 Å². The number of fused-ring (bicyclic) bond motifs is 5. The highest BCUT2D eigenvalue weighted by Crippen LogP contribution is 2.42. The van der Waals surface area contributed by atoms with Crippen molar-refractivity contribution in [1.29, 1.82) is 0 Å². The Morgan fingerprint density at radius 1 is 0.317 bits per heavy atom. The van der Waals surface area contributed by atoms with Gasteiger partial charge in [-0.05, 0) is 116 Å². The summed E-state index contributed by atoms with van der Waals surface area (Å²) >= 11 is 0. The molecule has 82 heavy (non-hydrogen) atoms. The van der Waals surface area contributed by atoms with E-state index in [2.05, 4.69) is 129 Å². The molecule has 2 aromatic heterocycles. The summed E-state index contributed by atoms with van der Waals surface area (Å²) in [4.78, 5) is 0. The molecule has 4 heterocycles. The van der Waals surface area contributed by atoms with Crippen molar-refractivity contribution in [2.75, 3.05) is 0 Å². The van der Waals surface area contributed by atoms with Crippen molar-refractivity contribution < 1.29 is 18.6 Å². The van der Waals surface area contributed by atoms with Crippen LogP contribution in [-0.4, -0.2) is 45.8 Å². The first-order valence-electron chi connectivity index (χ1n) is 35.9. The van der Waals surface area contributed by atoms with Crippen molar-refractivity contribution in [1.82, 2.24) is 9.13 Å². The average Bonchev–Trinajstić information content (AvgIpc) is 2.33. The Morgan fingerprint density at radius 2 is 0.537 bits per heavy atom. The van der Waals surface area contributed by atoms with Crippen LogP contribution in [0.2, 0.25) is 0 Å². The summed E-state index contributed by atoms with van der Waals surface area (Å²) in [6.07, 6.45) is 54.8. The minimum Gasteiger partial charge on any atom is -0.399 e. The lowest BCUT2D eigenvalue weighted by atomic mass is 9.78. The smallest absolute Gasteiger partial charge is 0.399 e. The van der Waals surface area contributed by atoms with Gasteiger partial charge in [0.1, 0.15) is 0 Å². The molecule has 0 bridgehead atoms. The lowest BCUT2D eigenvalue weighted by molar-refractivity contribution is 0.00578. The maximum absolute atomic E-state index is 6.84. The van der Waals surface area contributed by atoms with Crippen LogP contribution >= 0.6 is 0 Å². The lowest BCUT2D eigenvalue weighted by Gasteiger charge is -2.32. The van der Waals surface area contributed by atoms with Crippen molar-refractivity contribution in [3.8, 4) is 0 Å². The molecule has 2 unspecified atom stereocenters. The molecule has 6 rings (SSSR count). The molecule has 2 fully saturated rings. The number of hydrogen-bond acceptors (Lipinski definition) is 4. The predicted octanol–water partition coefficient (Wildman–Crippen LogP) is 22.3. The third kappa shape index (κ3) is 20.4. The minimum absolute atomic E-state index is 0.407. The Balaban J connectivity index is 1.40. The van der Waals surface area contributed by atoms with Gasteiger partial charge in [0.05, 0.1) is 44.5 Å². The van der Waals surface area contributed by atoms with Crippen LogP contribution in [0.1, 0.15) is 340 Å². The average molecular weight is 1130 g/mol. The van der Waals surface area contributed by atoms with Gasteiger partial charge in [0.15, 0.2) is 0 Å². The zero-order valence-corrected chi connectivity index (χ0v) is 56.0. The molecule has 6 nitrogen and oxygen atoms in total. The number of rotatable bonds is 46. The van der Waals surface area contributed by atoms with E-state index in [4.69, 9.17) is 18.6 Å². The van der Waals surface area contributed by atoms with E-state index in [1.54, 1.807) is 0 Å². The minimum atomic E-state index is -0.407. The monoisotopic (exact) mass is 1130 g/mol. The highest BCUT2D eigenvalue weighted by Gasteiger charge is 2.53. The Labute approximate surface area is 506 Å². The molecule has 4 aromatic rings. The van der Waals surface area contributed by atoms with Crippen LogP contribution in [0.15, 0.2) is 36.4 Å². The Kier molecular flexibility index (Phi) is 29.8. The van der Waals surface area contributed by atoms with Crippen molar-refractivity contribution in [3.63, 3.8) is 0 Å². The van der Waals surface area contributed by atoms with Crippen molar-refractivity contribution in [2.24, 2.45) is 11.8 Å². The van der Waals surface area contributed by atoms with Crippen molar-refractivity contribution in [3.05, 3.63) is 36.4 Å². The third-order valence-corrected chi connectivity index (χ3v) is 20.7. The first kappa shape index (κ1) is 68.9. The summed E-state index contributed by atoms with van der Waals surface area (Å²) in [7, 11) is -0.814. The number of aromatic nitrogens is 2. The summed E-state index contributed by atoms with van der Waals surface area (Å²) in [5, 5.41) is 2.75. The third-order valence-electron chi connectivity index (χ3n) is 20.7. The van der Waals surface area contributed by atoms with E-state index in [0.29, 0.717) is 11.8 Å². The van der Waals surface area contributed by atoms with Gasteiger partial charge in [-0.3, -0.25) is 0 Å². The van der Waals surface area contributed by atoms with Gasteiger partial charge in [-0.25, -0.2) is 0 Å². The first-order chi connectivity index (χ1) is 39.6. The van der Waals surface area contributed by atoms with Gasteiger partial charge in [-0.1, -0.05) is 283 Å². The van der Waals surface area contributed by atoms with Gasteiger partial charge < -0.3 is 27.8 Å². The van der Waals surface area contributed by atoms with Crippen LogP contribution in [0.4, 0.5) is 0 Å². The molecule has 464 valence electrons. The van der Waals surface area contributed by atoms with Crippen LogP contribution < -0.4 is 10.9 Å². The van der Waals surface area contributed by atoms with E-state index in [0.717, 1.165) is 24.0 Å². The van der Waals surface area contributed by atoms with Crippen LogP contribution in [0.5, 0.6) is 0 Å². The fourth-order valence-electron chi connectivity index (χ4n) is 13.8. The molecule has 2 aromatic carbocycles. The zero-order chi connectivity index (χ0) is 58.9. The molecule has 2 saturated heterocycles. The van der Waals surface area contributed by atoms with E-state index in [1.165, 1.54) is 290 Å². The summed E-state index contributed by atoms with van der Waals surface area (Å²) in [6, 6.07) is 14.6. The molecular weight excluding hydrogens is 1000 g/mol. The topological polar surface area (TPSA) is 46.8 Å². The van der Waals surface area contributed by atoms with E-state index in [1.807, 2.05) is 0 Å². The first-order valence-corrected chi connectivity index (χ1v) is 35.9. The summed E-state index contributed by atoms with van der Waals surface area (Å²) < 4.78 is 33.0. The molecular formula is C74H128B2N2O4. The summed E-state index contributed by atoms with van der Waals surface area (Å²) in [5.41, 5.74) is 6.18. The molecule has 0 saturated carbocycles. The van der Waals surface area contributed by atoms with E-state index in [9.17, 15) is 0 Å². The number of unbranched alkanes of at least 4 members (excludes halogenated alkanes) is 32. The molecule has 2 atom stereocenters. The fourth-order valence-corrected chi connectivity index (χ4v) is 13.8. The summed E-state index contributed by atoms with van der Waals surface area (Å²) in [6.45, 7) is 28.9. The van der Waals surface area contributed by atoms with Crippen LogP contribution in [-0.2, 0) is 31.7 Å². The van der Waals surface area contributed by atoms with E-state index in [-0.39, 0.29) is 0 Å². The Hall–Kier alpha value is -2.25. The van der Waals surface area contributed by atoms with Gasteiger partial charge in [0.2, 0.25) is 0 Å². The summed E-state index contributed by atoms with van der Waals surface area (Å²) in [5.74, 6) is 1.23. The molecule has 0 radical (unpaired) electrons. The van der Waals surface area contributed by atoms with Crippen molar-refractivity contribution >= 4 is 58.0 Å². The maximum Gasteiger partial charge on any atom is 0.494 e. The number of benzene rings is 2. The second kappa shape index (κ2) is 35.5. The Bertz CT molecular complexity index is 2180. The van der Waals surface area contributed by atoms with Gasteiger partial charge in [-0.2, -0.15) is 0 Å². The van der Waals surface area contributed by atoms with Gasteiger partial charge >= 0.3 is 14.2 Å². The normalized spacial score (nSPS) is 17.4. The van der Waals surface area contributed by atoms with Crippen LogP contribution in [0, 0.1) is 11.8 Å². The van der Waals surface area contributed by atoms with Crippen molar-refractivity contribution in [2.45, 2.75) is 375 Å². The number of nitrogens with zero attached hydrogens (tertiary/aromatic N) is 2. The lowest BCUT2D eigenvalue weighted by Crippen LogP contribution is -2.41. The fraction of sp³-hybridized carbons (Fsp3) is 0.811. The van der Waals surface area contributed by atoms with Crippen LogP contribution in [0.3, 0.4) is 0 Å². The molecule has 2 aliphatic rings. The standard InChI is InChI=1S/C74H128B2N2O4/c1-13-17-21-25-29-33-35-39-43-47-51-61(49-45-41-37-31-27-23-19-15-3)59-77-67-57-63(75-79-71(5,6)72(7,8)80-75)53-55-65(67)70-69(77)66-56-54-64(76-81-73(9,10)74(11,12)82-76)58-68(66)78(70)60-62(50-46-42-38-32-28-24-20-16-4)52-48-44-40-36-34-30-26-22-18-14-2/h53-58,61-62H,13-52,59-60H2,1-12H3. The highest BCUT2D eigenvalue weighted by atomic mass is 16.7. The Morgan fingerprint density at radius 3 is 0.768 bits per heavy atom. The van der Waals surface area contributed by atoms with Gasteiger partial charge in [0.25, 0.3) is 0 Å². The quantitative estimate of drug-likeness (QED) is 0.0327. The molecule has 0 aliphatic carbocycles. The van der Waals surface area contributed by atoms with E-state index >= 15 is 0 Å². The second-order valence-corrected chi connectivity index (χ2v) is 28.8. The molecule has 2 aliphatic heterocycles. The van der Waals surface area contributed by atoms with Crippen LogP contribution in [0.25, 0.3) is 32.8 Å². The van der Waals surface area contributed by atoms with Gasteiger partial charge in [0, 0.05) is 23.9 Å². The maximum atomic E-state index is 6.84. The number of hydrogen-bond donors (Lipinski definition) is 0. The second-order valence-electron chi connectivity index (χ2n) is 28.8. The predicted molar refractivity (Wildman–Crippen MR) is 361 cm³/mol. The largest absolute Gasteiger partial charge is 0.494 e. The highest BCUT2D eigenvalue weighted by molar-refractivity contribution is 6.63. The van der Waals surface area contributed by atoms with E-state index < -0.39 is 36.6 Å². The molecule has 0 spiro atoms. The molecule has 0 amide bonds. The SMILES string of the molecule is CCCCCCCCCCCCC(CCCCCCCCCC)Cn1c2cc(B3OC(C)(C)C(C)(C)O3)ccc2c2c1c1ccc(B3OC(C)(C)C(C)(C)O3)cc1n2CC(CCCCCCCCCC)CCCCCCCCCCCC. The molecule has 0 N–H and O–H groups in total.